The molecule has 0 saturated carbocycles. The lowest BCUT2D eigenvalue weighted by atomic mass is 10.0. The normalized spacial score (nSPS) is 10.0. The van der Waals surface area contributed by atoms with E-state index in [0.29, 0.717) is 12.0 Å². The van der Waals surface area contributed by atoms with E-state index in [1.165, 1.54) is 6.20 Å². The Morgan fingerprint density at radius 2 is 2.22 bits per heavy atom. The molecule has 6 nitrogen and oxygen atoms in total. The van der Waals surface area contributed by atoms with Crippen LogP contribution < -0.4 is 0 Å². The summed E-state index contributed by atoms with van der Waals surface area (Å²) in [5, 5.41) is 13.4. The van der Waals surface area contributed by atoms with Crippen molar-refractivity contribution in [1.29, 1.82) is 0 Å². The number of nitrogens with zero attached hydrogens (tertiary/aromatic N) is 4. The third-order valence-corrected chi connectivity index (χ3v) is 2.64. The lowest BCUT2D eigenvalue weighted by Gasteiger charge is -2.08. The van der Waals surface area contributed by atoms with Crippen LogP contribution in [0.5, 0.6) is 0 Å². The number of azide groups is 1. The molecule has 0 bridgehead atoms. The van der Waals surface area contributed by atoms with Gasteiger partial charge in [-0.05, 0) is 23.6 Å². The van der Waals surface area contributed by atoms with Crippen LogP contribution in [0.25, 0.3) is 21.3 Å². The molecule has 0 spiro atoms. The van der Waals surface area contributed by atoms with E-state index < -0.39 is 5.97 Å². The second-order valence-electron chi connectivity index (χ2n) is 3.68. The number of carboxylic acid groups (broad SMARTS) is 1. The van der Waals surface area contributed by atoms with Gasteiger partial charge in [0.25, 0.3) is 0 Å². The van der Waals surface area contributed by atoms with Gasteiger partial charge < -0.3 is 5.11 Å². The van der Waals surface area contributed by atoms with Crippen molar-refractivity contribution in [3.8, 4) is 0 Å². The fraction of sp³-hybridized carbons (Fsp3) is 0.167. The number of carbonyl (C=O) groups is 1. The lowest BCUT2D eigenvalue weighted by molar-refractivity contribution is 0.0695. The van der Waals surface area contributed by atoms with Crippen LogP contribution in [0.3, 0.4) is 0 Å². The van der Waals surface area contributed by atoms with E-state index in [0.717, 1.165) is 10.9 Å². The largest absolute Gasteiger partial charge is 0.478 e. The Hall–Kier alpha value is -2.59. The topological polar surface area (TPSA) is 99.0 Å². The second-order valence-corrected chi connectivity index (χ2v) is 3.68. The van der Waals surface area contributed by atoms with Crippen molar-refractivity contribution in [3.63, 3.8) is 0 Å². The molecule has 0 unspecified atom stereocenters. The zero-order valence-corrected chi connectivity index (χ0v) is 9.45. The molecule has 1 heterocycles. The standard InChI is InChI=1S/C12H10N4O2/c13-16-15-6-5-8-9-3-1-2-4-11(9)14-7-10(8)12(17)18/h1-4,7H,5-6H2,(H,17,18). The Balaban J connectivity index is 2.58. The Bertz CT molecular complexity index is 648. The van der Waals surface area contributed by atoms with E-state index in [-0.39, 0.29) is 12.1 Å². The summed E-state index contributed by atoms with van der Waals surface area (Å²) < 4.78 is 0. The highest BCUT2D eigenvalue weighted by Crippen LogP contribution is 2.21. The number of aromatic nitrogens is 1. The van der Waals surface area contributed by atoms with Crippen LogP contribution >= 0.6 is 0 Å². The van der Waals surface area contributed by atoms with Crippen LogP contribution in [0.4, 0.5) is 0 Å². The Labute approximate surface area is 103 Å². The van der Waals surface area contributed by atoms with Gasteiger partial charge in [0.1, 0.15) is 0 Å². The monoisotopic (exact) mass is 242 g/mol. The number of pyridine rings is 1. The molecule has 0 atom stereocenters. The van der Waals surface area contributed by atoms with Crippen LogP contribution in [0.15, 0.2) is 35.6 Å². The molecule has 90 valence electrons. The molecule has 18 heavy (non-hydrogen) atoms. The SMILES string of the molecule is [N-]=[N+]=NCCc1c(C(=O)O)cnc2ccccc12. The molecule has 0 aliphatic carbocycles. The highest BCUT2D eigenvalue weighted by molar-refractivity contribution is 5.95. The van der Waals surface area contributed by atoms with Gasteiger partial charge in [-0.25, -0.2) is 4.79 Å². The molecule has 1 aromatic carbocycles. The molecule has 0 fully saturated rings. The molecule has 0 radical (unpaired) electrons. The number of para-hydroxylation sites is 1. The van der Waals surface area contributed by atoms with Crippen LogP contribution in [0.2, 0.25) is 0 Å². The van der Waals surface area contributed by atoms with Crippen molar-refractivity contribution in [2.24, 2.45) is 5.11 Å². The molecule has 1 N–H and O–H groups in total. The van der Waals surface area contributed by atoms with Crippen molar-refractivity contribution >= 4 is 16.9 Å². The predicted molar refractivity (Wildman–Crippen MR) is 66.4 cm³/mol. The van der Waals surface area contributed by atoms with Gasteiger partial charge in [0, 0.05) is 23.0 Å². The minimum absolute atomic E-state index is 0.154. The zero-order chi connectivity index (χ0) is 13.0. The quantitative estimate of drug-likeness (QED) is 0.506. The van der Waals surface area contributed by atoms with Crippen LogP contribution in [0.1, 0.15) is 15.9 Å². The van der Waals surface area contributed by atoms with Gasteiger partial charge in [0.15, 0.2) is 0 Å². The summed E-state index contributed by atoms with van der Waals surface area (Å²) in [4.78, 5) is 17.9. The molecule has 0 aliphatic rings. The number of benzene rings is 1. The Kier molecular flexibility index (Phi) is 3.41. The number of rotatable bonds is 4. The summed E-state index contributed by atoms with van der Waals surface area (Å²) in [6.45, 7) is 0.227. The van der Waals surface area contributed by atoms with Crippen molar-refractivity contribution in [3.05, 3.63) is 52.0 Å². The first-order valence-corrected chi connectivity index (χ1v) is 5.35. The smallest absolute Gasteiger partial charge is 0.337 e. The summed E-state index contributed by atoms with van der Waals surface area (Å²) in [5.74, 6) is -1.02. The second kappa shape index (κ2) is 5.16. The minimum Gasteiger partial charge on any atom is -0.478 e. The molecule has 2 aromatic rings. The molecule has 6 heteroatoms. The predicted octanol–water partition coefficient (Wildman–Crippen LogP) is 2.79. The van der Waals surface area contributed by atoms with Gasteiger partial charge in [0.2, 0.25) is 0 Å². The summed E-state index contributed by atoms with van der Waals surface area (Å²) in [5.41, 5.74) is 9.81. The van der Waals surface area contributed by atoms with Crippen LogP contribution in [0, 0.1) is 0 Å². The Morgan fingerprint density at radius 1 is 1.44 bits per heavy atom. The van der Waals surface area contributed by atoms with E-state index >= 15 is 0 Å². The summed E-state index contributed by atoms with van der Waals surface area (Å²) in [7, 11) is 0. The molecule has 1 aromatic heterocycles. The zero-order valence-electron chi connectivity index (χ0n) is 9.45. The first-order valence-electron chi connectivity index (χ1n) is 5.35. The van der Waals surface area contributed by atoms with E-state index in [1.807, 2.05) is 24.3 Å². The fourth-order valence-electron chi connectivity index (χ4n) is 1.86. The average molecular weight is 242 g/mol. The molecular formula is C12H10N4O2. The van der Waals surface area contributed by atoms with Crippen molar-refractivity contribution in [2.45, 2.75) is 6.42 Å². The number of fused-ring (bicyclic) bond motifs is 1. The van der Waals surface area contributed by atoms with E-state index in [9.17, 15) is 4.79 Å². The van der Waals surface area contributed by atoms with Crippen LogP contribution in [-0.2, 0) is 6.42 Å². The first kappa shape index (κ1) is 11.9. The summed E-state index contributed by atoms with van der Waals surface area (Å²) in [6.07, 6.45) is 1.73. The van der Waals surface area contributed by atoms with Crippen molar-refractivity contribution < 1.29 is 9.90 Å². The van der Waals surface area contributed by atoms with Gasteiger partial charge in [-0.1, -0.05) is 23.3 Å². The lowest BCUT2D eigenvalue weighted by Crippen LogP contribution is -2.05. The number of hydrogen-bond donors (Lipinski definition) is 1. The highest BCUT2D eigenvalue weighted by atomic mass is 16.4. The maximum absolute atomic E-state index is 11.2. The van der Waals surface area contributed by atoms with Gasteiger partial charge in [0.05, 0.1) is 11.1 Å². The first-order chi connectivity index (χ1) is 8.74. The minimum atomic E-state index is -1.02. The van der Waals surface area contributed by atoms with Gasteiger partial charge in [-0.15, -0.1) is 0 Å². The number of aromatic carboxylic acids is 1. The van der Waals surface area contributed by atoms with Crippen molar-refractivity contribution in [1.82, 2.24) is 4.98 Å². The molecule has 0 amide bonds. The van der Waals surface area contributed by atoms with E-state index in [1.54, 1.807) is 0 Å². The third-order valence-electron chi connectivity index (χ3n) is 2.64. The Morgan fingerprint density at radius 3 is 2.94 bits per heavy atom. The molecular weight excluding hydrogens is 232 g/mol. The fourth-order valence-corrected chi connectivity index (χ4v) is 1.86. The molecule has 0 saturated heterocycles. The summed E-state index contributed by atoms with van der Waals surface area (Å²) in [6, 6.07) is 7.30. The number of carboxylic acids is 1. The van der Waals surface area contributed by atoms with Gasteiger partial charge in [-0.2, -0.15) is 0 Å². The average Bonchev–Trinajstić information content (AvgIpc) is 2.38. The molecule has 2 rings (SSSR count). The number of hydrogen-bond acceptors (Lipinski definition) is 3. The maximum Gasteiger partial charge on any atom is 0.337 e. The van der Waals surface area contributed by atoms with Crippen molar-refractivity contribution in [2.75, 3.05) is 6.54 Å². The third kappa shape index (κ3) is 2.23. The van der Waals surface area contributed by atoms with E-state index in [4.69, 9.17) is 10.6 Å². The van der Waals surface area contributed by atoms with E-state index in [2.05, 4.69) is 15.0 Å². The molecule has 0 aliphatic heterocycles. The van der Waals surface area contributed by atoms with Gasteiger partial charge >= 0.3 is 5.97 Å². The van der Waals surface area contributed by atoms with Crippen LogP contribution in [-0.4, -0.2) is 22.6 Å². The summed E-state index contributed by atoms with van der Waals surface area (Å²) >= 11 is 0. The van der Waals surface area contributed by atoms with Gasteiger partial charge in [-0.3, -0.25) is 4.98 Å². The highest BCUT2D eigenvalue weighted by Gasteiger charge is 2.13. The maximum atomic E-state index is 11.2.